The summed E-state index contributed by atoms with van der Waals surface area (Å²) < 4.78 is 4.94. The predicted molar refractivity (Wildman–Crippen MR) is 91.9 cm³/mol. The van der Waals surface area contributed by atoms with Crippen LogP contribution in [0.25, 0.3) is 0 Å². The number of methoxy groups -OCH3 is 1. The van der Waals surface area contributed by atoms with Crippen molar-refractivity contribution in [1.29, 1.82) is 0 Å². The van der Waals surface area contributed by atoms with Crippen LogP contribution in [0, 0.1) is 10.1 Å². The smallest absolute Gasteiger partial charge is 0.311 e. The first-order valence-electron chi connectivity index (χ1n) is 7.38. The zero-order valence-electron chi connectivity index (χ0n) is 13.7. The maximum Gasteiger partial charge on any atom is 0.311 e. The molecular formula is C16H20N3O4S+. The van der Waals surface area contributed by atoms with Crippen LogP contribution in [0.1, 0.15) is 21.3 Å². The molecule has 1 heterocycles. The minimum atomic E-state index is -0.561. The largest absolute Gasteiger partial charge is 0.490 e. The lowest BCUT2D eigenvalue weighted by Crippen LogP contribution is -3.06. The fourth-order valence-corrected chi connectivity index (χ4v) is 3.30. The minimum absolute atomic E-state index is 0.127. The third kappa shape index (κ3) is 4.09. The number of benzene rings is 1. The second-order valence-electron chi connectivity index (χ2n) is 5.50. The zero-order chi connectivity index (χ0) is 17.7. The summed E-state index contributed by atoms with van der Waals surface area (Å²) in [5.41, 5.74) is 0.0133. The Morgan fingerprint density at radius 3 is 2.71 bits per heavy atom. The number of carbonyl (C=O) groups excluding carboxylic acids is 1. The number of rotatable bonds is 7. The number of likely N-dealkylation sites (N-methyl/N-ethyl adjacent to an activating group) is 1. The molecule has 0 aliphatic rings. The Labute approximate surface area is 144 Å². The number of nitro benzene ring substituents is 1. The number of amides is 1. The van der Waals surface area contributed by atoms with Gasteiger partial charge >= 0.3 is 5.69 Å². The molecule has 0 fully saturated rings. The van der Waals surface area contributed by atoms with E-state index in [0.29, 0.717) is 6.54 Å². The number of nitrogens with one attached hydrogen (secondary N) is 2. The molecule has 0 bridgehead atoms. The molecule has 0 saturated carbocycles. The molecule has 8 heteroatoms. The number of nitro groups is 1. The highest BCUT2D eigenvalue weighted by atomic mass is 32.1. The maximum atomic E-state index is 12.3. The molecule has 0 aliphatic heterocycles. The van der Waals surface area contributed by atoms with Gasteiger partial charge in [0.25, 0.3) is 5.91 Å². The third-order valence-corrected chi connectivity index (χ3v) is 4.67. The normalized spacial score (nSPS) is 12.0. The number of quaternary nitrogens is 1. The second-order valence-corrected chi connectivity index (χ2v) is 6.48. The van der Waals surface area contributed by atoms with Crippen LogP contribution < -0.4 is 15.0 Å². The van der Waals surface area contributed by atoms with E-state index in [0.717, 1.165) is 0 Å². The average Bonchev–Trinajstić information content (AvgIpc) is 3.08. The molecule has 0 unspecified atom stereocenters. The van der Waals surface area contributed by atoms with E-state index in [9.17, 15) is 14.9 Å². The summed E-state index contributed by atoms with van der Waals surface area (Å²) in [5, 5.41) is 15.9. The van der Waals surface area contributed by atoms with Crippen LogP contribution in [0.15, 0.2) is 35.7 Å². The first kappa shape index (κ1) is 17.9. The molecular weight excluding hydrogens is 330 g/mol. The highest BCUT2D eigenvalue weighted by molar-refractivity contribution is 7.10. The predicted octanol–water partition coefficient (Wildman–Crippen LogP) is 1.28. The van der Waals surface area contributed by atoms with Crippen LogP contribution in [-0.2, 0) is 0 Å². The van der Waals surface area contributed by atoms with E-state index >= 15 is 0 Å². The Balaban J connectivity index is 2.12. The van der Waals surface area contributed by atoms with Crippen LogP contribution in [0.2, 0.25) is 0 Å². The minimum Gasteiger partial charge on any atom is -0.490 e. The Morgan fingerprint density at radius 1 is 1.42 bits per heavy atom. The molecule has 2 rings (SSSR count). The van der Waals surface area contributed by atoms with E-state index in [2.05, 4.69) is 5.32 Å². The van der Waals surface area contributed by atoms with Crippen molar-refractivity contribution in [2.24, 2.45) is 0 Å². The Hall–Kier alpha value is -2.45. The van der Waals surface area contributed by atoms with E-state index in [1.165, 1.54) is 35.1 Å². The molecule has 24 heavy (non-hydrogen) atoms. The van der Waals surface area contributed by atoms with Gasteiger partial charge in [-0.25, -0.2) is 0 Å². The van der Waals surface area contributed by atoms with Gasteiger partial charge in [-0.3, -0.25) is 14.9 Å². The quantitative estimate of drug-likeness (QED) is 0.582. The number of thiophene rings is 1. The molecule has 128 valence electrons. The number of hydrogen-bond donors (Lipinski definition) is 2. The standard InChI is InChI=1S/C16H19N3O4S/c1-18(2)13(15-5-4-8-24-15)10-17-16(20)11-6-7-14(23-3)12(9-11)19(21)22/h4-9,13H,10H2,1-3H3,(H,17,20)/p+1/t13-/m0/s1. The van der Waals surface area contributed by atoms with Crippen LogP contribution in [0.3, 0.4) is 0 Å². The molecule has 0 saturated heterocycles. The molecule has 0 aliphatic carbocycles. The van der Waals surface area contributed by atoms with E-state index in [-0.39, 0.29) is 28.9 Å². The maximum absolute atomic E-state index is 12.3. The lowest BCUT2D eigenvalue weighted by atomic mass is 10.1. The molecule has 0 spiro atoms. The zero-order valence-corrected chi connectivity index (χ0v) is 14.6. The van der Waals surface area contributed by atoms with Crippen molar-refractivity contribution in [3.63, 3.8) is 0 Å². The van der Waals surface area contributed by atoms with Gasteiger partial charge in [-0.2, -0.15) is 0 Å². The lowest BCUT2D eigenvalue weighted by molar-refractivity contribution is -0.890. The Bertz CT molecular complexity index is 716. The van der Waals surface area contributed by atoms with Crippen molar-refractivity contribution >= 4 is 22.9 Å². The fourth-order valence-electron chi connectivity index (χ4n) is 2.35. The lowest BCUT2D eigenvalue weighted by Gasteiger charge is -2.20. The summed E-state index contributed by atoms with van der Waals surface area (Å²) in [5.74, 6) is -0.214. The molecule has 1 aromatic carbocycles. The van der Waals surface area contributed by atoms with Crippen LogP contribution in [0.4, 0.5) is 5.69 Å². The molecule has 1 atom stereocenters. The van der Waals surface area contributed by atoms with Gasteiger partial charge in [0.05, 0.1) is 37.6 Å². The first-order chi connectivity index (χ1) is 11.4. The number of hydrogen-bond acceptors (Lipinski definition) is 5. The van der Waals surface area contributed by atoms with Crippen LogP contribution >= 0.6 is 11.3 Å². The van der Waals surface area contributed by atoms with Gasteiger partial charge in [0, 0.05) is 11.6 Å². The Morgan fingerprint density at radius 2 is 2.17 bits per heavy atom. The van der Waals surface area contributed by atoms with Gasteiger partial charge in [0.1, 0.15) is 6.04 Å². The Kier molecular flexibility index (Phi) is 5.88. The van der Waals surface area contributed by atoms with Gasteiger partial charge < -0.3 is 15.0 Å². The number of ether oxygens (including phenoxy) is 1. The van der Waals surface area contributed by atoms with Gasteiger partial charge in [-0.1, -0.05) is 6.07 Å². The van der Waals surface area contributed by atoms with Gasteiger partial charge in [-0.05, 0) is 23.6 Å². The van der Waals surface area contributed by atoms with E-state index < -0.39 is 4.92 Å². The molecule has 1 aromatic heterocycles. The van der Waals surface area contributed by atoms with Crippen LogP contribution in [0.5, 0.6) is 5.75 Å². The van der Waals surface area contributed by atoms with Crippen molar-refractivity contribution in [3.05, 3.63) is 56.3 Å². The van der Waals surface area contributed by atoms with Crippen molar-refractivity contribution < 1.29 is 19.4 Å². The van der Waals surface area contributed by atoms with E-state index in [4.69, 9.17) is 4.74 Å². The topological polar surface area (TPSA) is 85.9 Å². The highest BCUT2D eigenvalue weighted by Gasteiger charge is 2.22. The number of nitrogens with zero attached hydrogens (tertiary/aromatic N) is 1. The molecule has 2 N–H and O–H groups in total. The summed E-state index contributed by atoms with van der Waals surface area (Å²) in [6.07, 6.45) is 0. The van der Waals surface area contributed by atoms with Crippen LogP contribution in [-0.4, -0.2) is 38.6 Å². The second kappa shape index (κ2) is 7.89. The molecule has 7 nitrogen and oxygen atoms in total. The van der Waals surface area contributed by atoms with Crippen molar-refractivity contribution in [2.45, 2.75) is 6.04 Å². The van der Waals surface area contributed by atoms with Gasteiger partial charge in [-0.15, -0.1) is 11.3 Å². The van der Waals surface area contributed by atoms with Crippen molar-refractivity contribution in [2.75, 3.05) is 27.7 Å². The van der Waals surface area contributed by atoms with E-state index in [1.54, 1.807) is 11.3 Å². The average molecular weight is 350 g/mol. The SMILES string of the molecule is COc1ccc(C(=O)NC[C@@H](c2cccs2)[NH+](C)C)cc1[N+](=O)[O-]. The number of carbonyl (C=O) groups is 1. The highest BCUT2D eigenvalue weighted by Crippen LogP contribution is 2.27. The van der Waals surface area contributed by atoms with E-state index in [1.807, 2.05) is 31.6 Å². The fraction of sp³-hybridized carbons (Fsp3) is 0.312. The first-order valence-corrected chi connectivity index (χ1v) is 8.26. The molecule has 1 amide bonds. The summed E-state index contributed by atoms with van der Waals surface area (Å²) >= 11 is 1.64. The summed E-state index contributed by atoms with van der Waals surface area (Å²) in [4.78, 5) is 25.2. The summed E-state index contributed by atoms with van der Waals surface area (Å²) in [6, 6.07) is 8.32. The van der Waals surface area contributed by atoms with Gasteiger partial charge in [0.2, 0.25) is 0 Å². The summed E-state index contributed by atoms with van der Waals surface area (Å²) in [6.45, 7) is 0.446. The third-order valence-electron chi connectivity index (χ3n) is 3.69. The van der Waals surface area contributed by atoms with Gasteiger partial charge in [0.15, 0.2) is 5.75 Å². The molecule has 0 radical (unpaired) electrons. The van der Waals surface area contributed by atoms with Crippen molar-refractivity contribution in [1.82, 2.24) is 5.32 Å². The van der Waals surface area contributed by atoms with Crippen molar-refractivity contribution in [3.8, 4) is 5.75 Å². The monoisotopic (exact) mass is 350 g/mol. The molecule has 2 aromatic rings. The summed E-state index contributed by atoms with van der Waals surface area (Å²) in [7, 11) is 5.40.